The van der Waals surface area contributed by atoms with Crippen molar-refractivity contribution in [3.63, 3.8) is 0 Å². The lowest BCUT2D eigenvalue weighted by molar-refractivity contribution is -0.132. The zero-order valence-corrected chi connectivity index (χ0v) is 17.9. The molecule has 0 saturated carbocycles. The molecule has 2 aromatic carbocycles. The number of benzene rings is 2. The molecule has 2 saturated heterocycles. The fourth-order valence-electron chi connectivity index (χ4n) is 4.71. The van der Waals surface area contributed by atoms with Crippen LogP contribution in [-0.4, -0.2) is 71.7 Å². The van der Waals surface area contributed by atoms with E-state index in [9.17, 15) is 4.79 Å². The van der Waals surface area contributed by atoms with Crippen LogP contribution in [0.25, 0.3) is 22.0 Å². The van der Waals surface area contributed by atoms with E-state index in [4.69, 9.17) is 0 Å². The Labute approximate surface area is 183 Å². The summed E-state index contributed by atoms with van der Waals surface area (Å²) in [6, 6.07) is 18.6. The van der Waals surface area contributed by atoms with Gasteiger partial charge in [0.05, 0.1) is 6.54 Å². The molecule has 3 aromatic rings. The summed E-state index contributed by atoms with van der Waals surface area (Å²) in [5.74, 6) is 1.18. The molecule has 2 aliphatic rings. The third kappa shape index (κ3) is 4.26. The van der Waals surface area contributed by atoms with Crippen molar-refractivity contribution in [2.45, 2.75) is 19.3 Å². The Hall–Kier alpha value is -2.99. The van der Waals surface area contributed by atoms with E-state index in [1.807, 2.05) is 23.1 Å². The molecule has 1 amide bonds. The highest BCUT2D eigenvalue weighted by atomic mass is 16.2. The van der Waals surface area contributed by atoms with Crippen molar-refractivity contribution >= 4 is 22.5 Å². The van der Waals surface area contributed by atoms with Gasteiger partial charge in [0, 0.05) is 42.5 Å². The molecule has 2 fully saturated rings. The number of piperidine rings is 1. The van der Waals surface area contributed by atoms with E-state index < -0.39 is 0 Å². The number of amides is 1. The van der Waals surface area contributed by atoms with Crippen molar-refractivity contribution < 1.29 is 4.79 Å². The number of fused-ring (bicyclic) bond motifs is 1. The van der Waals surface area contributed by atoms with Gasteiger partial charge in [-0.05, 0) is 25.9 Å². The molecule has 0 aliphatic carbocycles. The first kappa shape index (κ1) is 19.9. The molecule has 1 aromatic heterocycles. The van der Waals surface area contributed by atoms with Gasteiger partial charge in [-0.3, -0.25) is 9.69 Å². The first-order valence-electron chi connectivity index (χ1n) is 11.4. The second-order valence-electron chi connectivity index (χ2n) is 8.49. The molecular formula is C25H29N5O. The molecule has 160 valence electrons. The SMILES string of the molecule is O=C(CN1CCCCC1)N1CCN(c2nnc(-c3ccccc3)c3ccccc23)CC1. The van der Waals surface area contributed by atoms with Crippen molar-refractivity contribution in [3.8, 4) is 11.3 Å². The van der Waals surface area contributed by atoms with Crippen LogP contribution in [0.5, 0.6) is 0 Å². The van der Waals surface area contributed by atoms with Gasteiger partial charge in [-0.25, -0.2) is 0 Å². The molecule has 0 bridgehead atoms. The highest BCUT2D eigenvalue weighted by molar-refractivity contribution is 6.00. The maximum Gasteiger partial charge on any atom is 0.236 e. The van der Waals surface area contributed by atoms with Crippen LogP contribution >= 0.6 is 0 Å². The third-order valence-corrected chi connectivity index (χ3v) is 6.45. The van der Waals surface area contributed by atoms with Crippen LogP contribution in [0.15, 0.2) is 54.6 Å². The van der Waals surface area contributed by atoms with Crippen LogP contribution in [0.2, 0.25) is 0 Å². The standard InChI is InChI=1S/C25H29N5O/c31-23(19-28-13-7-2-8-14-28)29-15-17-30(18-16-29)25-22-12-6-5-11-21(22)24(26-27-25)20-9-3-1-4-10-20/h1,3-6,9-12H,2,7-8,13-19H2. The smallest absolute Gasteiger partial charge is 0.236 e. The van der Waals surface area contributed by atoms with Crippen LogP contribution in [0.4, 0.5) is 5.82 Å². The van der Waals surface area contributed by atoms with Crippen molar-refractivity contribution in [3.05, 3.63) is 54.6 Å². The van der Waals surface area contributed by atoms with E-state index in [1.165, 1.54) is 19.3 Å². The lowest BCUT2D eigenvalue weighted by Crippen LogP contribution is -2.52. The van der Waals surface area contributed by atoms with E-state index >= 15 is 0 Å². The van der Waals surface area contributed by atoms with E-state index in [1.54, 1.807) is 0 Å². The van der Waals surface area contributed by atoms with Gasteiger partial charge in [0.1, 0.15) is 5.69 Å². The summed E-state index contributed by atoms with van der Waals surface area (Å²) < 4.78 is 0. The molecule has 6 heteroatoms. The number of nitrogens with zero attached hydrogens (tertiary/aromatic N) is 5. The molecule has 3 heterocycles. The predicted octanol–water partition coefficient (Wildman–Crippen LogP) is 3.43. The molecule has 0 radical (unpaired) electrons. The van der Waals surface area contributed by atoms with Gasteiger partial charge in [-0.15, -0.1) is 10.2 Å². The number of hydrogen-bond donors (Lipinski definition) is 0. The van der Waals surface area contributed by atoms with Crippen molar-refractivity contribution in [2.24, 2.45) is 0 Å². The topological polar surface area (TPSA) is 52.6 Å². The minimum absolute atomic E-state index is 0.261. The Morgan fingerprint density at radius 1 is 0.742 bits per heavy atom. The average Bonchev–Trinajstić information content (AvgIpc) is 2.85. The number of carbonyl (C=O) groups excluding carboxylic acids is 1. The quantitative estimate of drug-likeness (QED) is 0.654. The van der Waals surface area contributed by atoms with Gasteiger partial charge in [-0.2, -0.15) is 0 Å². The van der Waals surface area contributed by atoms with Gasteiger partial charge in [0.2, 0.25) is 5.91 Å². The highest BCUT2D eigenvalue weighted by Crippen LogP contribution is 2.31. The average molecular weight is 416 g/mol. The summed E-state index contributed by atoms with van der Waals surface area (Å²) in [6.07, 6.45) is 3.72. The number of carbonyl (C=O) groups is 1. The molecule has 31 heavy (non-hydrogen) atoms. The number of piperazine rings is 1. The fraction of sp³-hybridized carbons (Fsp3) is 0.400. The van der Waals surface area contributed by atoms with Gasteiger partial charge >= 0.3 is 0 Å². The Kier molecular flexibility index (Phi) is 5.80. The number of aromatic nitrogens is 2. The Bertz CT molecular complexity index is 1040. The van der Waals surface area contributed by atoms with E-state index in [2.05, 4.69) is 56.4 Å². The van der Waals surface area contributed by atoms with Crippen LogP contribution in [0.1, 0.15) is 19.3 Å². The Morgan fingerprint density at radius 3 is 2.16 bits per heavy atom. The summed E-state index contributed by atoms with van der Waals surface area (Å²) in [6.45, 7) is 5.73. The van der Waals surface area contributed by atoms with Crippen LogP contribution in [0, 0.1) is 0 Å². The summed E-state index contributed by atoms with van der Waals surface area (Å²) in [7, 11) is 0. The Morgan fingerprint density at radius 2 is 1.42 bits per heavy atom. The lowest BCUT2D eigenvalue weighted by atomic mass is 10.0. The number of rotatable bonds is 4. The number of likely N-dealkylation sites (tertiary alicyclic amines) is 1. The molecule has 0 N–H and O–H groups in total. The monoisotopic (exact) mass is 415 g/mol. The van der Waals surface area contributed by atoms with Gasteiger partial charge in [0.25, 0.3) is 0 Å². The predicted molar refractivity (Wildman–Crippen MR) is 124 cm³/mol. The summed E-state index contributed by atoms with van der Waals surface area (Å²) >= 11 is 0. The molecule has 5 rings (SSSR count). The van der Waals surface area contributed by atoms with Crippen LogP contribution in [0.3, 0.4) is 0 Å². The first-order valence-corrected chi connectivity index (χ1v) is 11.4. The lowest BCUT2D eigenvalue weighted by Gasteiger charge is -2.37. The maximum absolute atomic E-state index is 12.8. The van der Waals surface area contributed by atoms with Gasteiger partial charge in [-0.1, -0.05) is 61.0 Å². The maximum atomic E-state index is 12.8. The van der Waals surface area contributed by atoms with Crippen molar-refractivity contribution in [2.75, 3.05) is 50.7 Å². The van der Waals surface area contributed by atoms with E-state index in [0.717, 1.165) is 67.1 Å². The molecule has 0 spiro atoms. The summed E-state index contributed by atoms with van der Waals surface area (Å²) in [5, 5.41) is 11.5. The fourth-order valence-corrected chi connectivity index (χ4v) is 4.71. The molecule has 2 aliphatic heterocycles. The highest BCUT2D eigenvalue weighted by Gasteiger charge is 2.25. The second kappa shape index (κ2) is 9.02. The summed E-state index contributed by atoms with van der Waals surface area (Å²) in [4.78, 5) is 19.4. The molecule has 0 atom stereocenters. The third-order valence-electron chi connectivity index (χ3n) is 6.45. The minimum atomic E-state index is 0.261. The first-order chi connectivity index (χ1) is 15.3. The zero-order valence-electron chi connectivity index (χ0n) is 17.9. The van der Waals surface area contributed by atoms with Gasteiger partial charge < -0.3 is 9.80 Å². The normalized spacial score (nSPS) is 17.8. The Balaban J connectivity index is 1.31. The molecular weight excluding hydrogens is 386 g/mol. The molecule has 6 nitrogen and oxygen atoms in total. The second-order valence-corrected chi connectivity index (χ2v) is 8.49. The van der Waals surface area contributed by atoms with Crippen molar-refractivity contribution in [1.29, 1.82) is 0 Å². The van der Waals surface area contributed by atoms with Crippen LogP contribution < -0.4 is 4.90 Å². The van der Waals surface area contributed by atoms with E-state index in [-0.39, 0.29) is 5.91 Å². The number of anilines is 1. The number of hydrogen-bond acceptors (Lipinski definition) is 5. The zero-order chi connectivity index (χ0) is 21.0. The summed E-state index contributed by atoms with van der Waals surface area (Å²) in [5.41, 5.74) is 1.99. The minimum Gasteiger partial charge on any atom is -0.351 e. The van der Waals surface area contributed by atoms with Crippen LogP contribution in [-0.2, 0) is 4.79 Å². The van der Waals surface area contributed by atoms with Crippen molar-refractivity contribution in [1.82, 2.24) is 20.0 Å². The molecule has 0 unspecified atom stereocenters. The largest absolute Gasteiger partial charge is 0.351 e. The van der Waals surface area contributed by atoms with E-state index in [0.29, 0.717) is 6.54 Å². The van der Waals surface area contributed by atoms with Gasteiger partial charge in [0.15, 0.2) is 5.82 Å².